The van der Waals surface area contributed by atoms with Crippen LogP contribution in [0.3, 0.4) is 0 Å². The largest absolute Gasteiger partial charge is 0.497 e. The molecule has 0 aliphatic carbocycles. The Morgan fingerprint density at radius 3 is 2.35 bits per heavy atom. The smallest absolute Gasteiger partial charge is 0.422 e. The number of carbonyl (C=O) groups excluding carboxylic acids is 1. The van der Waals surface area contributed by atoms with E-state index in [2.05, 4.69) is 10.1 Å². The number of alkyl halides is 3. The topological polar surface area (TPSA) is 47.6 Å². The predicted octanol–water partition coefficient (Wildman–Crippen LogP) is 2.81. The maximum atomic E-state index is 11.7. The van der Waals surface area contributed by atoms with Crippen LogP contribution >= 0.6 is 0 Å². The van der Waals surface area contributed by atoms with Gasteiger partial charge in [-0.3, -0.25) is 5.32 Å². The summed E-state index contributed by atoms with van der Waals surface area (Å²) in [6.07, 6.45) is -5.69. The van der Waals surface area contributed by atoms with E-state index < -0.39 is 18.9 Å². The zero-order valence-corrected chi connectivity index (χ0v) is 8.88. The fourth-order valence-electron chi connectivity index (χ4n) is 0.976. The van der Waals surface area contributed by atoms with E-state index in [1.54, 1.807) is 12.1 Å². The Morgan fingerprint density at radius 1 is 1.29 bits per heavy atom. The summed E-state index contributed by atoms with van der Waals surface area (Å²) in [6.45, 7) is -1.62. The fraction of sp³-hybridized carbons (Fsp3) is 0.300. The Balaban J connectivity index is 2.45. The number of amides is 1. The van der Waals surface area contributed by atoms with Gasteiger partial charge in [0, 0.05) is 5.69 Å². The van der Waals surface area contributed by atoms with Crippen LogP contribution in [0.1, 0.15) is 0 Å². The van der Waals surface area contributed by atoms with Gasteiger partial charge in [0.05, 0.1) is 7.11 Å². The monoisotopic (exact) mass is 249 g/mol. The van der Waals surface area contributed by atoms with Crippen molar-refractivity contribution >= 4 is 11.8 Å². The maximum absolute atomic E-state index is 11.7. The summed E-state index contributed by atoms with van der Waals surface area (Å²) < 4.78 is 44.0. The van der Waals surface area contributed by atoms with Crippen molar-refractivity contribution in [1.29, 1.82) is 0 Å². The van der Waals surface area contributed by atoms with Gasteiger partial charge in [-0.25, -0.2) is 4.79 Å². The van der Waals surface area contributed by atoms with E-state index in [1.165, 1.54) is 19.2 Å². The molecule has 0 spiro atoms. The number of nitrogens with one attached hydrogen (secondary N) is 1. The molecule has 17 heavy (non-hydrogen) atoms. The highest BCUT2D eigenvalue weighted by Crippen LogP contribution is 2.17. The van der Waals surface area contributed by atoms with Gasteiger partial charge in [-0.15, -0.1) is 0 Å². The lowest BCUT2D eigenvalue weighted by Crippen LogP contribution is -2.23. The molecule has 0 unspecified atom stereocenters. The standard InChI is InChI=1S/C10H10F3NO3/c1-16-8-4-2-7(3-5-8)14-9(15)17-6-10(11,12)13/h2-5H,6H2,1H3,(H,14,15). The average molecular weight is 249 g/mol. The molecule has 0 heterocycles. The summed E-state index contributed by atoms with van der Waals surface area (Å²) in [5.41, 5.74) is 0.318. The lowest BCUT2D eigenvalue weighted by atomic mass is 10.3. The SMILES string of the molecule is COc1ccc(NC(=O)OCC(F)(F)F)cc1. The molecule has 0 aliphatic rings. The molecular weight excluding hydrogens is 239 g/mol. The van der Waals surface area contributed by atoms with Gasteiger partial charge in [-0.1, -0.05) is 0 Å². The number of benzene rings is 1. The highest BCUT2D eigenvalue weighted by atomic mass is 19.4. The van der Waals surface area contributed by atoms with Crippen LogP contribution in [0.5, 0.6) is 5.75 Å². The van der Waals surface area contributed by atoms with Gasteiger partial charge in [-0.05, 0) is 24.3 Å². The van der Waals surface area contributed by atoms with E-state index in [4.69, 9.17) is 4.74 Å². The summed E-state index contributed by atoms with van der Waals surface area (Å²) in [4.78, 5) is 10.9. The molecule has 1 rings (SSSR count). The Labute approximate surface area is 95.3 Å². The zero-order chi connectivity index (χ0) is 12.9. The minimum absolute atomic E-state index is 0.318. The normalized spacial score (nSPS) is 10.8. The first-order valence-electron chi connectivity index (χ1n) is 4.55. The van der Waals surface area contributed by atoms with Crippen LogP contribution in [0.2, 0.25) is 0 Å². The van der Waals surface area contributed by atoms with Crippen LogP contribution in [-0.2, 0) is 4.74 Å². The van der Waals surface area contributed by atoms with Crippen molar-refractivity contribution < 1.29 is 27.4 Å². The number of methoxy groups -OCH3 is 1. The van der Waals surface area contributed by atoms with Crippen LogP contribution in [0.4, 0.5) is 23.7 Å². The van der Waals surface area contributed by atoms with E-state index in [-0.39, 0.29) is 0 Å². The van der Waals surface area contributed by atoms with E-state index >= 15 is 0 Å². The second kappa shape index (κ2) is 5.42. The number of anilines is 1. The Morgan fingerprint density at radius 2 is 1.88 bits per heavy atom. The molecule has 7 heteroatoms. The van der Waals surface area contributed by atoms with Crippen LogP contribution in [0, 0.1) is 0 Å². The summed E-state index contributed by atoms with van der Waals surface area (Å²) in [7, 11) is 1.47. The van der Waals surface area contributed by atoms with Gasteiger partial charge in [0.1, 0.15) is 5.75 Å². The first kappa shape index (κ1) is 13.1. The molecule has 4 nitrogen and oxygen atoms in total. The predicted molar refractivity (Wildman–Crippen MR) is 54.0 cm³/mol. The highest BCUT2D eigenvalue weighted by molar-refractivity contribution is 5.84. The molecule has 0 saturated carbocycles. The Kier molecular flexibility index (Phi) is 4.19. The molecule has 1 aromatic carbocycles. The van der Waals surface area contributed by atoms with Gasteiger partial charge in [0.25, 0.3) is 0 Å². The Bertz CT molecular complexity index is 375. The maximum Gasteiger partial charge on any atom is 0.422 e. The quantitative estimate of drug-likeness (QED) is 0.895. The van der Waals surface area contributed by atoms with Gasteiger partial charge in [0.2, 0.25) is 0 Å². The summed E-state index contributed by atoms with van der Waals surface area (Å²) in [6, 6.07) is 6.07. The summed E-state index contributed by atoms with van der Waals surface area (Å²) in [5, 5.41) is 2.15. The molecule has 0 aromatic heterocycles. The number of hydrogen-bond donors (Lipinski definition) is 1. The molecule has 0 saturated heterocycles. The Hall–Kier alpha value is -1.92. The molecule has 0 radical (unpaired) electrons. The second-order valence-corrected chi connectivity index (χ2v) is 3.04. The van der Waals surface area contributed by atoms with E-state index in [1.807, 2.05) is 0 Å². The van der Waals surface area contributed by atoms with Crippen LogP contribution in [0.15, 0.2) is 24.3 Å². The van der Waals surface area contributed by atoms with Crippen LogP contribution < -0.4 is 10.1 Å². The third-order valence-corrected chi connectivity index (χ3v) is 1.70. The van der Waals surface area contributed by atoms with Crippen molar-refractivity contribution in [2.24, 2.45) is 0 Å². The fourth-order valence-corrected chi connectivity index (χ4v) is 0.976. The first-order chi connectivity index (χ1) is 7.90. The van der Waals surface area contributed by atoms with E-state index in [0.717, 1.165) is 0 Å². The second-order valence-electron chi connectivity index (χ2n) is 3.04. The minimum atomic E-state index is -4.53. The van der Waals surface area contributed by atoms with Gasteiger partial charge >= 0.3 is 12.3 Å². The van der Waals surface area contributed by atoms with Crippen molar-refractivity contribution in [3.8, 4) is 5.75 Å². The van der Waals surface area contributed by atoms with E-state index in [0.29, 0.717) is 11.4 Å². The average Bonchev–Trinajstić information content (AvgIpc) is 2.27. The molecule has 1 amide bonds. The number of ether oxygens (including phenoxy) is 2. The van der Waals surface area contributed by atoms with Crippen LogP contribution in [-0.4, -0.2) is 26.0 Å². The molecule has 0 bridgehead atoms. The van der Waals surface area contributed by atoms with Gasteiger partial charge in [-0.2, -0.15) is 13.2 Å². The van der Waals surface area contributed by atoms with Crippen molar-refractivity contribution in [1.82, 2.24) is 0 Å². The third kappa shape index (κ3) is 5.10. The molecule has 0 atom stereocenters. The van der Waals surface area contributed by atoms with Crippen molar-refractivity contribution in [2.45, 2.75) is 6.18 Å². The van der Waals surface area contributed by atoms with Crippen LogP contribution in [0.25, 0.3) is 0 Å². The highest BCUT2D eigenvalue weighted by Gasteiger charge is 2.29. The molecule has 0 fully saturated rings. The van der Waals surface area contributed by atoms with Crippen molar-refractivity contribution in [3.63, 3.8) is 0 Å². The number of hydrogen-bond acceptors (Lipinski definition) is 3. The summed E-state index contributed by atoms with van der Waals surface area (Å²) in [5.74, 6) is 0.569. The number of halogens is 3. The van der Waals surface area contributed by atoms with E-state index in [9.17, 15) is 18.0 Å². The molecular formula is C10H10F3NO3. The number of carbonyl (C=O) groups is 1. The molecule has 1 N–H and O–H groups in total. The number of rotatable bonds is 3. The van der Waals surface area contributed by atoms with Gasteiger partial charge < -0.3 is 9.47 Å². The lowest BCUT2D eigenvalue weighted by molar-refractivity contribution is -0.159. The lowest BCUT2D eigenvalue weighted by Gasteiger charge is -2.09. The molecule has 94 valence electrons. The third-order valence-electron chi connectivity index (χ3n) is 1.70. The summed E-state index contributed by atoms with van der Waals surface area (Å²) >= 11 is 0. The van der Waals surface area contributed by atoms with Crippen molar-refractivity contribution in [3.05, 3.63) is 24.3 Å². The zero-order valence-electron chi connectivity index (χ0n) is 8.88. The minimum Gasteiger partial charge on any atom is -0.497 e. The molecule has 1 aromatic rings. The van der Waals surface area contributed by atoms with Gasteiger partial charge in [0.15, 0.2) is 6.61 Å². The first-order valence-corrected chi connectivity index (χ1v) is 4.55. The molecule has 0 aliphatic heterocycles. The van der Waals surface area contributed by atoms with Crippen molar-refractivity contribution in [2.75, 3.05) is 19.0 Å².